The monoisotopic (exact) mass is 266 g/mol. The summed E-state index contributed by atoms with van der Waals surface area (Å²) in [5.74, 6) is -1.08. The molecule has 1 rings (SSSR count). The quantitative estimate of drug-likeness (QED) is 0.868. The highest BCUT2D eigenvalue weighted by molar-refractivity contribution is 5.87. The number of pyridine rings is 1. The second-order valence-electron chi connectivity index (χ2n) is 4.99. The second-order valence-corrected chi connectivity index (χ2v) is 4.99. The number of aromatic nitrogens is 1. The van der Waals surface area contributed by atoms with E-state index in [-0.39, 0.29) is 5.69 Å². The molecule has 0 bridgehead atoms. The highest BCUT2D eigenvalue weighted by Crippen LogP contribution is 2.08. The number of carbonyl (C=O) groups excluding carboxylic acids is 1. The molecule has 0 aromatic carbocycles. The average Bonchev–Trinajstić information content (AvgIpc) is 2.27. The Kier molecular flexibility index (Phi) is 4.86. The van der Waals surface area contributed by atoms with Crippen LogP contribution in [0.25, 0.3) is 0 Å². The first-order valence-corrected chi connectivity index (χ1v) is 5.93. The van der Waals surface area contributed by atoms with Crippen molar-refractivity contribution in [1.82, 2.24) is 10.3 Å². The summed E-state index contributed by atoms with van der Waals surface area (Å²) in [6.45, 7) is 5.61. The molecule has 0 spiro atoms. The zero-order valence-corrected chi connectivity index (χ0v) is 11.3. The second kappa shape index (κ2) is 6.17. The van der Waals surface area contributed by atoms with Crippen molar-refractivity contribution < 1.29 is 19.4 Å². The van der Waals surface area contributed by atoms with Crippen LogP contribution >= 0.6 is 0 Å². The number of carboxylic acids is 1. The summed E-state index contributed by atoms with van der Waals surface area (Å²) >= 11 is 0. The number of alkyl carbamates (subject to hydrolysis) is 1. The van der Waals surface area contributed by atoms with Crippen LogP contribution in [0.3, 0.4) is 0 Å². The van der Waals surface area contributed by atoms with E-state index in [9.17, 15) is 9.59 Å². The first-order chi connectivity index (χ1) is 8.79. The molecule has 0 aliphatic rings. The number of ether oxygens (including phenoxy) is 1. The van der Waals surface area contributed by atoms with Crippen molar-refractivity contribution in [2.45, 2.75) is 32.8 Å². The molecule has 0 fully saturated rings. The highest BCUT2D eigenvalue weighted by Gasteiger charge is 2.16. The van der Waals surface area contributed by atoms with Crippen LogP contribution in [0.5, 0.6) is 0 Å². The van der Waals surface area contributed by atoms with E-state index in [0.717, 1.165) is 0 Å². The van der Waals surface area contributed by atoms with Gasteiger partial charge in [0.2, 0.25) is 0 Å². The van der Waals surface area contributed by atoms with Gasteiger partial charge in [0.15, 0.2) is 5.69 Å². The van der Waals surface area contributed by atoms with E-state index in [4.69, 9.17) is 9.84 Å². The van der Waals surface area contributed by atoms with Crippen molar-refractivity contribution in [3.8, 4) is 0 Å². The maximum atomic E-state index is 11.4. The van der Waals surface area contributed by atoms with Gasteiger partial charge in [-0.15, -0.1) is 0 Å². The molecule has 1 aromatic heterocycles. The number of rotatable bonds is 4. The summed E-state index contributed by atoms with van der Waals surface area (Å²) in [7, 11) is 0. The number of nitrogens with one attached hydrogen (secondary N) is 1. The summed E-state index contributed by atoms with van der Waals surface area (Å²) < 4.78 is 5.07. The third kappa shape index (κ3) is 5.37. The predicted octanol–water partition coefficient (Wildman–Crippen LogP) is 1.85. The Hall–Kier alpha value is -2.11. The molecule has 104 valence electrons. The molecule has 6 heteroatoms. The molecule has 6 nitrogen and oxygen atoms in total. The Balaban J connectivity index is 2.50. The van der Waals surface area contributed by atoms with Gasteiger partial charge in [-0.2, -0.15) is 0 Å². The molecule has 0 unspecified atom stereocenters. The molecule has 1 heterocycles. The summed E-state index contributed by atoms with van der Waals surface area (Å²) in [5.41, 5.74) is 0.0319. The lowest BCUT2D eigenvalue weighted by atomic mass is 10.1. The number of carbonyl (C=O) groups is 2. The molecular weight excluding hydrogens is 248 g/mol. The zero-order chi connectivity index (χ0) is 14.5. The number of aromatic carboxylic acids is 1. The molecule has 0 radical (unpaired) electrons. The topological polar surface area (TPSA) is 88.5 Å². The first kappa shape index (κ1) is 14.9. The number of hydrogen-bond acceptors (Lipinski definition) is 4. The lowest BCUT2D eigenvalue weighted by Gasteiger charge is -2.19. The third-order valence-corrected chi connectivity index (χ3v) is 2.16. The molecule has 0 saturated carbocycles. The highest BCUT2D eigenvalue weighted by atomic mass is 16.6. The third-order valence-electron chi connectivity index (χ3n) is 2.16. The van der Waals surface area contributed by atoms with Gasteiger partial charge >= 0.3 is 12.1 Å². The Morgan fingerprint density at radius 1 is 1.42 bits per heavy atom. The first-order valence-electron chi connectivity index (χ1n) is 5.93. The summed E-state index contributed by atoms with van der Waals surface area (Å²) in [6.07, 6.45) is 1.29. The van der Waals surface area contributed by atoms with E-state index in [1.54, 1.807) is 32.9 Å². The fourth-order valence-corrected chi connectivity index (χ4v) is 1.45. The average molecular weight is 266 g/mol. The van der Waals surface area contributed by atoms with Gasteiger partial charge < -0.3 is 15.2 Å². The Labute approximate surface area is 111 Å². The zero-order valence-electron chi connectivity index (χ0n) is 11.3. The number of hydrogen-bond donors (Lipinski definition) is 2. The van der Waals surface area contributed by atoms with Crippen LogP contribution in [0.1, 0.15) is 36.8 Å². The van der Waals surface area contributed by atoms with Crippen LogP contribution in [-0.2, 0) is 11.2 Å². The largest absolute Gasteiger partial charge is 0.477 e. The molecular formula is C13H18N2O4. The summed E-state index contributed by atoms with van der Waals surface area (Å²) in [6, 6.07) is 3.34. The maximum Gasteiger partial charge on any atom is 0.407 e. The molecule has 2 N–H and O–H groups in total. The van der Waals surface area contributed by atoms with E-state index in [1.165, 1.54) is 6.20 Å². The van der Waals surface area contributed by atoms with Crippen molar-refractivity contribution in [3.05, 3.63) is 29.6 Å². The smallest absolute Gasteiger partial charge is 0.407 e. The van der Waals surface area contributed by atoms with Gasteiger partial charge in [-0.05, 0) is 38.8 Å². The van der Waals surface area contributed by atoms with Crippen molar-refractivity contribution in [2.24, 2.45) is 0 Å². The fourth-order valence-electron chi connectivity index (χ4n) is 1.45. The standard InChI is InChI=1S/C13H18N2O4/c1-13(2,3)19-12(18)15-8-6-9-5-4-7-14-10(9)11(16)17/h4-5,7H,6,8H2,1-3H3,(H,15,18)(H,16,17). The Morgan fingerprint density at radius 2 is 2.11 bits per heavy atom. The number of nitrogens with zero attached hydrogens (tertiary/aromatic N) is 1. The summed E-state index contributed by atoms with van der Waals surface area (Å²) in [5, 5.41) is 11.5. The van der Waals surface area contributed by atoms with E-state index in [2.05, 4.69) is 10.3 Å². The van der Waals surface area contributed by atoms with Crippen LogP contribution < -0.4 is 5.32 Å². The van der Waals surface area contributed by atoms with E-state index >= 15 is 0 Å². The lowest BCUT2D eigenvalue weighted by molar-refractivity contribution is 0.0528. The van der Waals surface area contributed by atoms with Gasteiger partial charge in [0.25, 0.3) is 0 Å². The van der Waals surface area contributed by atoms with Crippen molar-refractivity contribution in [3.63, 3.8) is 0 Å². The van der Waals surface area contributed by atoms with Gasteiger partial charge in [0.1, 0.15) is 5.60 Å². The SMILES string of the molecule is CC(C)(C)OC(=O)NCCc1cccnc1C(=O)O. The van der Waals surface area contributed by atoms with Crippen molar-refractivity contribution >= 4 is 12.1 Å². The van der Waals surface area contributed by atoms with Crippen LogP contribution in [0.2, 0.25) is 0 Å². The van der Waals surface area contributed by atoms with Gasteiger partial charge in [-0.1, -0.05) is 6.07 Å². The molecule has 1 amide bonds. The van der Waals surface area contributed by atoms with Gasteiger partial charge in [0, 0.05) is 12.7 Å². The minimum Gasteiger partial charge on any atom is -0.477 e. The van der Waals surface area contributed by atoms with E-state index in [0.29, 0.717) is 18.5 Å². The van der Waals surface area contributed by atoms with Crippen molar-refractivity contribution in [2.75, 3.05) is 6.54 Å². The normalized spacial score (nSPS) is 10.9. The van der Waals surface area contributed by atoms with Crippen LogP contribution in [-0.4, -0.2) is 34.3 Å². The maximum absolute atomic E-state index is 11.4. The number of carboxylic acid groups (broad SMARTS) is 1. The minimum atomic E-state index is -1.08. The van der Waals surface area contributed by atoms with Crippen LogP contribution in [0, 0.1) is 0 Å². The van der Waals surface area contributed by atoms with Crippen LogP contribution in [0.4, 0.5) is 4.79 Å². The molecule has 0 atom stereocenters. The molecule has 0 saturated heterocycles. The van der Waals surface area contributed by atoms with Gasteiger partial charge in [-0.25, -0.2) is 14.6 Å². The van der Waals surface area contributed by atoms with E-state index < -0.39 is 17.7 Å². The molecule has 19 heavy (non-hydrogen) atoms. The fraction of sp³-hybridized carbons (Fsp3) is 0.462. The summed E-state index contributed by atoms with van der Waals surface area (Å²) in [4.78, 5) is 26.1. The molecule has 1 aromatic rings. The van der Waals surface area contributed by atoms with Gasteiger partial charge in [0.05, 0.1) is 0 Å². The van der Waals surface area contributed by atoms with Crippen LogP contribution in [0.15, 0.2) is 18.3 Å². The van der Waals surface area contributed by atoms with E-state index in [1.807, 2.05) is 0 Å². The van der Waals surface area contributed by atoms with Gasteiger partial charge in [-0.3, -0.25) is 0 Å². The molecule has 0 aliphatic carbocycles. The minimum absolute atomic E-state index is 0.00786. The lowest BCUT2D eigenvalue weighted by Crippen LogP contribution is -2.33. The number of amides is 1. The van der Waals surface area contributed by atoms with Crippen molar-refractivity contribution in [1.29, 1.82) is 0 Å². The Morgan fingerprint density at radius 3 is 2.68 bits per heavy atom. The Bertz CT molecular complexity index is 466. The molecule has 0 aliphatic heterocycles. The predicted molar refractivity (Wildman–Crippen MR) is 69.1 cm³/mol.